The minimum atomic E-state index is -0.285. The molecule has 0 aromatic carbocycles. The molecule has 0 aromatic rings. The summed E-state index contributed by atoms with van der Waals surface area (Å²) >= 11 is 0. The van der Waals surface area contributed by atoms with Gasteiger partial charge in [-0.05, 0) is 19.8 Å². The predicted octanol–water partition coefficient (Wildman–Crippen LogP) is 0.597. The summed E-state index contributed by atoms with van der Waals surface area (Å²) in [4.78, 5) is 13.8. The normalized spacial score (nSPS) is 18.1. The summed E-state index contributed by atoms with van der Waals surface area (Å²) in [6.07, 6.45) is 8.16. The molecule has 1 aliphatic carbocycles. The van der Waals surface area contributed by atoms with Crippen molar-refractivity contribution in [2.45, 2.75) is 26.2 Å². The molecule has 0 saturated heterocycles. The second kappa shape index (κ2) is 4.47. The van der Waals surface area contributed by atoms with E-state index in [-0.39, 0.29) is 11.3 Å². The summed E-state index contributed by atoms with van der Waals surface area (Å²) in [7, 11) is 0. The standard InChI is InChI=1S/C11H18N2O/c1-3-8-13(4-2)10(14)11(9-12)6-5-7-11/h1H,4-9,12H2,2H3. The number of hydrogen-bond acceptors (Lipinski definition) is 2. The Labute approximate surface area is 85.6 Å². The van der Waals surface area contributed by atoms with Crippen molar-refractivity contribution >= 4 is 5.91 Å². The smallest absolute Gasteiger partial charge is 0.230 e. The fraction of sp³-hybridized carbons (Fsp3) is 0.727. The van der Waals surface area contributed by atoms with Crippen molar-refractivity contribution in [3.8, 4) is 12.3 Å². The van der Waals surface area contributed by atoms with Crippen molar-refractivity contribution in [2.24, 2.45) is 11.1 Å². The number of rotatable bonds is 4. The number of amides is 1. The fourth-order valence-corrected chi connectivity index (χ4v) is 1.88. The van der Waals surface area contributed by atoms with Gasteiger partial charge in [0.1, 0.15) is 0 Å². The lowest BCUT2D eigenvalue weighted by Crippen LogP contribution is -2.52. The Morgan fingerprint density at radius 3 is 2.57 bits per heavy atom. The summed E-state index contributed by atoms with van der Waals surface area (Å²) in [5.74, 6) is 2.65. The molecule has 0 heterocycles. The van der Waals surface area contributed by atoms with Crippen molar-refractivity contribution in [3.63, 3.8) is 0 Å². The van der Waals surface area contributed by atoms with E-state index in [1.54, 1.807) is 4.90 Å². The molecule has 2 N–H and O–H groups in total. The highest BCUT2D eigenvalue weighted by atomic mass is 16.2. The molecule has 0 aromatic heterocycles. The number of carbonyl (C=O) groups is 1. The molecule has 1 aliphatic rings. The molecule has 14 heavy (non-hydrogen) atoms. The highest BCUT2D eigenvalue weighted by Gasteiger charge is 2.44. The molecule has 1 fully saturated rings. The van der Waals surface area contributed by atoms with Crippen LogP contribution in [0.5, 0.6) is 0 Å². The third-order valence-electron chi connectivity index (χ3n) is 3.11. The van der Waals surface area contributed by atoms with Gasteiger partial charge >= 0.3 is 0 Å². The Morgan fingerprint density at radius 2 is 2.29 bits per heavy atom. The second-order valence-corrected chi connectivity index (χ2v) is 3.86. The van der Waals surface area contributed by atoms with Crippen LogP contribution in [0.15, 0.2) is 0 Å². The van der Waals surface area contributed by atoms with Crippen molar-refractivity contribution in [3.05, 3.63) is 0 Å². The van der Waals surface area contributed by atoms with Gasteiger partial charge in [0.2, 0.25) is 5.91 Å². The fourth-order valence-electron chi connectivity index (χ4n) is 1.88. The maximum absolute atomic E-state index is 12.0. The molecule has 78 valence electrons. The zero-order valence-corrected chi connectivity index (χ0v) is 8.75. The number of nitrogens with two attached hydrogens (primary N) is 1. The molecule has 1 saturated carbocycles. The van der Waals surface area contributed by atoms with E-state index >= 15 is 0 Å². The summed E-state index contributed by atoms with van der Waals surface area (Å²) in [6, 6.07) is 0. The molecule has 0 radical (unpaired) electrons. The number of carbonyl (C=O) groups excluding carboxylic acids is 1. The van der Waals surface area contributed by atoms with Crippen LogP contribution in [-0.2, 0) is 4.79 Å². The molecule has 0 spiro atoms. The van der Waals surface area contributed by atoms with Crippen molar-refractivity contribution in [2.75, 3.05) is 19.6 Å². The molecule has 1 amide bonds. The minimum absolute atomic E-state index is 0.145. The molecular formula is C11H18N2O. The number of hydrogen-bond donors (Lipinski definition) is 1. The second-order valence-electron chi connectivity index (χ2n) is 3.86. The summed E-state index contributed by atoms with van der Waals surface area (Å²) in [6.45, 7) is 3.47. The topological polar surface area (TPSA) is 46.3 Å². The van der Waals surface area contributed by atoms with Gasteiger partial charge in [-0.1, -0.05) is 12.3 Å². The van der Waals surface area contributed by atoms with Crippen LogP contribution in [0.3, 0.4) is 0 Å². The van der Waals surface area contributed by atoms with E-state index < -0.39 is 0 Å². The summed E-state index contributed by atoms with van der Waals surface area (Å²) in [5, 5.41) is 0. The van der Waals surface area contributed by atoms with E-state index in [1.807, 2.05) is 6.92 Å². The zero-order valence-electron chi connectivity index (χ0n) is 8.75. The highest BCUT2D eigenvalue weighted by Crippen LogP contribution is 2.41. The van der Waals surface area contributed by atoms with Crippen LogP contribution in [-0.4, -0.2) is 30.4 Å². The lowest BCUT2D eigenvalue weighted by Gasteiger charge is -2.42. The van der Waals surface area contributed by atoms with Gasteiger partial charge in [-0.2, -0.15) is 0 Å². The van der Waals surface area contributed by atoms with E-state index in [2.05, 4.69) is 5.92 Å². The molecular weight excluding hydrogens is 176 g/mol. The first-order chi connectivity index (χ1) is 6.70. The lowest BCUT2D eigenvalue weighted by molar-refractivity contribution is -0.145. The predicted molar refractivity (Wildman–Crippen MR) is 56.4 cm³/mol. The summed E-state index contributed by atoms with van der Waals surface area (Å²) in [5.41, 5.74) is 5.37. The van der Waals surface area contributed by atoms with E-state index in [4.69, 9.17) is 12.2 Å². The molecule has 3 heteroatoms. The molecule has 1 rings (SSSR count). The maximum atomic E-state index is 12.0. The average molecular weight is 194 g/mol. The Balaban J connectivity index is 2.66. The van der Waals surface area contributed by atoms with Gasteiger partial charge in [0.05, 0.1) is 12.0 Å². The van der Waals surface area contributed by atoms with Crippen LogP contribution >= 0.6 is 0 Å². The van der Waals surface area contributed by atoms with Gasteiger partial charge in [0.25, 0.3) is 0 Å². The molecule has 3 nitrogen and oxygen atoms in total. The Hall–Kier alpha value is -1.01. The minimum Gasteiger partial charge on any atom is -0.331 e. The van der Waals surface area contributed by atoms with Crippen molar-refractivity contribution < 1.29 is 4.79 Å². The van der Waals surface area contributed by atoms with Crippen molar-refractivity contribution in [1.82, 2.24) is 4.90 Å². The SMILES string of the molecule is C#CCN(CC)C(=O)C1(CN)CCC1. The van der Waals surface area contributed by atoms with Crippen molar-refractivity contribution in [1.29, 1.82) is 0 Å². The highest BCUT2D eigenvalue weighted by molar-refractivity contribution is 5.84. The third-order valence-corrected chi connectivity index (χ3v) is 3.11. The van der Waals surface area contributed by atoms with Gasteiger partial charge in [-0.3, -0.25) is 4.79 Å². The van der Waals surface area contributed by atoms with Crippen LogP contribution < -0.4 is 5.73 Å². The third kappa shape index (κ3) is 1.76. The largest absolute Gasteiger partial charge is 0.331 e. The lowest BCUT2D eigenvalue weighted by atomic mass is 9.68. The molecule has 0 unspecified atom stereocenters. The average Bonchev–Trinajstić information content (AvgIpc) is 2.13. The monoisotopic (exact) mass is 194 g/mol. The number of nitrogens with zero attached hydrogens (tertiary/aromatic N) is 1. The molecule has 0 aliphatic heterocycles. The van der Waals surface area contributed by atoms with E-state index in [9.17, 15) is 4.79 Å². The Bertz CT molecular complexity index is 245. The van der Waals surface area contributed by atoms with Gasteiger partial charge in [0, 0.05) is 13.1 Å². The van der Waals surface area contributed by atoms with Gasteiger partial charge < -0.3 is 10.6 Å². The van der Waals surface area contributed by atoms with E-state index in [0.29, 0.717) is 19.6 Å². The van der Waals surface area contributed by atoms with Gasteiger partial charge in [-0.15, -0.1) is 6.42 Å². The van der Waals surface area contributed by atoms with Crippen LogP contribution in [0.25, 0.3) is 0 Å². The van der Waals surface area contributed by atoms with Gasteiger partial charge in [0.15, 0.2) is 0 Å². The first-order valence-electron chi connectivity index (χ1n) is 5.13. The maximum Gasteiger partial charge on any atom is 0.230 e. The quantitative estimate of drug-likeness (QED) is 0.666. The summed E-state index contributed by atoms with van der Waals surface area (Å²) < 4.78 is 0. The first-order valence-corrected chi connectivity index (χ1v) is 5.13. The Morgan fingerprint density at radius 1 is 1.64 bits per heavy atom. The van der Waals surface area contributed by atoms with Gasteiger partial charge in [-0.25, -0.2) is 0 Å². The van der Waals surface area contributed by atoms with Crippen LogP contribution in [0.1, 0.15) is 26.2 Å². The van der Waals surface area contributed by atoms with E-state index in [0.717, 1.165) is 19.3 Å². The first kappa shape index (κ1) is 11.1. The van der Waals surface area contributed by atoms with Crippen LogP contribution in [0.4, 0.5) is 0 Å². The van der Waals surface area contributed by atoms with E-state index in [1.165, 1.54) is 0 Å². The van der Waals surface area contributed by atoms with Crippen LogP contribution in [0.2, 0.25) is 0 Å². The van der Waals surface area contributed by atoms with Crippen LogP contribution in [0, 0.1) is 17.8 Å². The molecule has 0 atom stereocenters. The molecule has 0 bridgehead atoms. The Kier molecular flexibility index (Phi) is 3.54. The zero-order chi connectivity index (χ0) is 10.6. The number of terminal acetylenes is 1.